The molecule has 6 nitrogen and oxygen atoms in total. The van der Waals surface area contributed by atoms with Crippen molar-refractivity contribution < 1.29 is 18.7 Å². The number of fused-ring (bicyclic) bond motifs is 1. The lowest BCUT2D eigenvalue weighted by molar-refractivity contribution is 0.0694. The van der Waals surface area contributed by atoms with Crippen molar-refractivity contribution in [3.63, 3.8) is 0 Å². The SMILES string of the molecule is O=C(O)c1cn([C@@H]2C[C@@H]2F)c2cc(N3CCNCC3)c(F)cc2c1=O. The highest BCUT2D eigenvalue weighted by Gasteiger charge is 2.40. The van der Waals surface area contributed by atoms with E-state index < -0.39 is 35.0 Å². The average Bonchev–Trinajstić information content (AvgIpc) is 3.32. The van der Waals surface area contributed by atoms with Crippen molar-refractivity contribution in [2.24, 2.45) is 0 Å². The second kappa shape index (κ2) is 5.80. The number of nitrogens with one attached hydrogen (secondary N) is 1. The summed E-state index contributed by atoms with van der Waals surface area (Å²) in [5.74, 6) is -1.98. The van der Waals surface area contributed by atoms with Crippen LogP contribution in [0.1, 0.15) is 22.8 Å². The first kappa shape index (κ1) is 16.0. The van der Waals surface area contributed by atoms with Crippen LogP contribution in [-0.2, 0) is 0 Å². The van der Waals surface area contributed by atoms with Crippen molar-refractivity contribution in [3.8, 4) is 0 Å². The molecule has 0 spiro atoms. The van der Waals surface area contributed by atoms with E-state index in [0.29, 0.717) is 24.3 Å². The van der Waals surface area contributed by atoms with E-state index in [1.54, 1.807) is 0 Å². The number of aromatic carboxylic acids is 1. The van der Waals surface area contributed by atoms with Crippen molar-refractivity contribution in [1.82, 2.24) is 9.88 Å². The number of benzene rings is 1. The highest BCUT2D eigenvalue weighted by atomic mass is 19.1. The maximum absolute atomic E-state index is 14.6. The fraction of sp³-hybridized carbons (Fsp3) is 0.412. The molecule has 25 heavy (non-hydrogen) atoms. The fourth-order valence-electron chi connectivity index (χ4n) is 3.37. The van der Waals surface area contributed by atoms with Gasteiger partial charge in [-0.2, -0.15) is 0 Å². The van der Waals surface area contributed by atoms with Gasteiger partial charge in [-0.15, -0.1) is 0 Å². The molecule has 1 aromatic carbocycles. The summed E-state index contributed by atoms with van der Waals surface area (Å²) in [6.07, 6.45) is 0.355. The summed E-state index contributed by atoms with van der Waals surface area (Å²) in [6.45, 7) is 2.68. The molecule has 2 atom stereocenters. The second-order valence-corrected chi connectivity index (χ2v) is 6.46. The largest absolute Gasteiger partial charge is 0.477 e. The van der Waals surface area contributed by atoms with Gasteiger partial charge in [0.05, 0.1) is 17.2 Å². The van der Waals surface area contributed by atoms with E-state index in [-0.39, 0.29) is 11.8 Å². The summed E-state index contributed by atoms with van der Waals surface area (Å²) in [4.78, 5) is 25.6. The van der Waals surface area contributed by atoms with Gasteiger partial charge in [-0.05, 0) is 12.1 Å². The Labute approximate surface area is 141 Å². The lowest BCUT2D eigenvalue weighted by Gasteiger charge is -2.30. The Hall–Kier alpha value is -2.48. The number of rotatable bonds is 3. The number of aromatic nitrogens is 1. The van der Waals surface area contributed by atoms with E-state index in [0.717, 1.165) is 19.2 Å². The first-order valence-electron chi connectivity index (χ1n) is 8.19. The molecule has 2 heterocycles. The summed E-state index contributed by atoms with van der Waals surface area (Å²) >= 11 is 0. The van der Waals surface area contributed by atoms with E-state index in [1.165, 1.54) is 16.8 Å². The molecule has 4 rings (SSSR count). The Balaban J connectivity index is 1.95. The molecule has 0 bridgehead atoms. The zero-order chi connectivity index (χ0) is 17.7. The van der Waals surface area contributed by atoms with Crippen LogP contribution in [0.15, 0.2) is 23.1 Å². The van der Waals surface area contributed by atoms with Crippen molar-refractivity contribution in [2.45, 2.75) is 18.6 Å². The van der Waals surface area contributed by atoms with Gasteiger partial charge in [0.2, 0.25) is 5.43 Å². The van der Waals surface area contributed by atoms with E-state index in [2.05, 4.69) is 5.32 Å². The van der Waals surface area contributed by atoms with E-state index in [1.807, 2.05) is 4.90 Å². The van der Waals surface area contributed by atoms with Crippen molar-refractivity contribution in [2.75, 3.05) is 31.1 Å². The first-order chi connectivity index (χ1) is 12.0. The van der Waals surface area contributed by atoms with Crippen LogP contribution in [0.5, 0.6) is 0 Å². The summed E-state index contributed by atoms with van der Waals surface area (Å²) in [5.41, 5.74) is -0.502. The molecule has 1 aliphatic heterocycles. The minimum atomic E-state index is -1.40. The monoisotopic (exact) mass is 349 g/mol. The molecule has 8 heteroatoms. The topological polar surface area (TPSA) is 74.6 Å². The highest BCUT2D eigenvalue weighted by Crippen LogP contribution is 2.41. The second-order valence-electron chi connectivity index (χ2n) is 6.46. The normalized spacial score (nSPS) is 23.0. The average molecular weight is 349 g/mol. The van der Waals surface area contributed by atoms with Crippen molar-refractivity contribution >= 4 is 22.6 Å². The molecule has 0 radical (unpaired) electrons. The molecule has 0 amide bonds. The molecule has 2 aromatic rings. The van der Waals surface area contributed by atoms with Crippen LogP contribution < -0.4 is 15.6 Å². The fourth-order valence-corrected chi connectivity index (χ4v) is 3.37. The van der Waals surface area contributed by atoms with Crippen LogP contribution in [0, 0.1) is 5.82 Å². The number of carboxylic acid groups (broad SMARTS) is 1. The summed E-state index contributed by atoms with van der Waals surface area (Å²) < 4.78 is 29.7. The van der Waals surface area contributed by atoms with E-state index in [4.69, 9.17) is 0 Å². The Kier molecular flexibility index (Phi) is 3.72. The number of piperazine rings is 1. The molecule has 2 N–H and O–H groups in total. The molecule has 1 aromatic heterocycles. The number of halogens is 2. The molecular weight excluding hydrogens is 332 g/mol. The Morgan fingerprint density at radius 3 is 2.56 bits per heavy atom. The lowest BCUT2D eigenvalue weighted by atomic mass is 10.1. The smallest absolute Gasteiger partial charge is 0.341 e. The maximum atomic E-state index is 14.6. The third-order valence-electron chi connectivity index (χ3n) is 4.83. The summed E-state index contributed by atoms with van der Waals surface area (Å²) in [5, 5.41) is 12.4. The number of nitrogens with zero attached hydrogens (tertiary/aromatic N) is 2. The highest BCUT2D eigenvalue weighted by molar-refractivity contribution is 5.93. The van der Waals surface area contributed by atoms with Gasteiger partial charge < -0.3 is 19.9 Å². The van der Waals surface area contributed by atoms with Crippen LogP contribution in [0.3, 0.4) is 0 Å². The minimum Gasteiger partial charge on any atom is -0.477 e. The third-order valence-corrected chi connectivity index (χ3v) is 4.83. The van der Waals surface area contributed by atoms with Crippen LogP contribution in [0.4, 0.5) is 14.5 Å². The maximum Gasteiger partial charge on any atom is 0.341 e. The van der Waals surface area contributed by atoms with E-state index >= 15 is 0 Å². The van der Waals surface area contributed by atoms with Gasteiger partial charge in [-0.25, -0.2) is 13.6 Å². The zero-order valence-electron chi connectivity index (χ0n) is 13.3. The molecule has 2 aliphatic rings. The van der Waals surface area contributed by atoms with Gasteiger partial charge >= 0.3 is 5.97 Å². The van der Waals surface area contributed by atoms with Gasteiger partial charge in [0.15, 0.2) is 0 Å². The Morgan fingerprint density at radius 2 is 1.96 bits per heavy atom. The molecule has 1 aliphatic carbocycles. The van der Waals surface area contributed by atoms with Gasteiger partial charge in [0.25, 0.3) is 0 Å². The summed E-state index contributed by atoms with van der Waals surface area (Å²) in [7, 11) is 0. The number of hydrogen-bond donors (Lipinski definition) is 2. The molecule has 1 saturated carbocycles. The number of hydrogen-bond acceptors (Lipinski definition) is 4. The van der Waals surface area contributed by atoms with Crippen LogP contribution in [0.25, 0.3) is 10.9 Å². The van der Waals surface area contributed by atoms with Crippen molar-refractivity contribution in [1.29, 1.82) is 0 Å². The standard InChI is InChI=1S/C17H17F2N3O3/c18-11-5-9-13(7-14(11)21-3-1-20-2-4-21)22(15-6-12(15)19)8-10(16(9)23)17(24)25/h5,7-8,12,15,20H,1-4,6H2,(H,24,25)/t12-,15+/m0/s1. The molecule has 0 unspecified atom stereocenters. The first-order valence-corrected chi connectivity index (χ1v) is 8.19. The Morgan fingerprint density at radius 1 is 1.28 bits per heavy atom. The number of anilines is 1. The number of alkyl halides is 1. The minimum absolute atomic E-state index is 0.0321. The zero-order valence-corrected chi connectivity index (χ0v) is 13.3. The number of carboxylic acids is 1. The van der Waals surface area contributed by atoms with Gasteiger partial charge in [-0.3, -0.25) is 4.79 Å². The molecule has 1 saturated heterocycles. The van der Waals surface area contributed by atoms with Crippen LogP contribution >= 0.6 is 0 Å². The Bertz CT molecular complexity index is 921. The molecule has 2 fully saturated rings. The lowest BCUT2D eigenvalue weighted by Crippen LogP contribution is -2.43. The van der Waals surface area contributed by atoms with Crippen LogP contribution in [0.2, 0.25) is 0 Å². The molecular formula is C17H17F2N3O3. The quantitative estimate of drug-likeness (QED) is 0.879. The number of pyridine rings is 1. The van der Waals surface area contributed by atoms with E-state index in [9.17, 15) is 23.5 Å². The molecule has 132 valence electrons. The summed E-state index contributed by atoms with van der Waals surface area (Å²) in [6, 6.07) is 2.10. The van der Waals surface area contributed by atoms with Crippen molar-refractivity contribution in [3.05, 3.63) is 39.9 Å². The van der Waals surface area contributed by atoms with Crippen LogP contribution in [-0.4, -0.2) is 48.0 Å². The third kappa shape index (κ3) is 2.66. The predicted octanol–water partition coefficient (Wildman–Crippen LogP) is 1.53. The van der Waals surface area contributed by atoms with Gasteiger partial charge in [-0.1, -0.05) is 0 Å². The van der Waals surface area contributed by atoms with Gasteiger partial charge in [0.1, 0.15) is 17.6 Å². The number of carbonyl (C=O) groups is 1. The van der Waals surface area contributed by atoms with Gasteiger partial charge in [0, 0.05) is 44.2 Å². The predicted molar refractivity (Wildman–Crippen MR) is 88.8 cm³/mol.